The molecular formula is C24H17ClF2N6. The molecule has 0 spiro atoms. The van der Waals surface area contributed by atoms with Crippen molar-refractivity contribution in [1.29, 1.82) is 0 Å². The molecule has 0 atom stereocenters. The van der Waals surface area contributed by atoms with Crippen LogP contribution in [0.5, 0.6) is 0 Å². The molecular weight excluding hydrogens is 446 g/mol. The Morgan fingerprint density at radius 1 is 0.909 bits per heavy atom. The number of anilines is 2. The Kier molecular flexibility index (Phi) is 5.35. The summed E-state index contributed by atoms with van der Waals surface area (Å²) >= 11 is 6.36. The van der Waals surface area contributed by atoms with Gasteiger partial charge in [0.2, 0.25) is 5.95 Å². The molecule has 2 aromatic heterocycles. The zero-order valence-electron chi connectivity index (χ0n) is 17.1. The summed E-state index contributed by atoms with van der Waals surface area (Å²) in [5.74, 6) is -0.124. The number of para-hydroxylation sites is 1. The number of benzene rings is 3. The number of nitrogens with one attached hydrogen (secondary N) is 1. The first-order valence-electron chi connectivity index (χ1n) is 10.0. The van der Waals surface area contributed by atoms with Crippen molar-refractivity contribution in [3.63, 3.8) is 0 Å². The molecule has 33 heavy (non-hydrogen) atoms. The zero-order valence-corrected chi connectivity index (χ0v) is 17.9. The van der Waals surface area contributed by atoms with Gasteiger partial charge in [-0.1, -0.05) is 35.9 Å². The summed E-state index contributed by atoms with van der Waals surface area (Å²) in [5.41, 5.74) is 9.24. The number of nitrogens with zero attached hydrogens (tertiary/aromatic N) is 4. The molecule has 0 saturated heterocycles. The summed E-state index contributed by atoms with van der Waals surface area (Å²) in [6.45, 7) is 0.298. The van der Waals surface area contributed by atoms with Crippen LogP contribution in [0.1, 0.15) is 5.56 Å². The summed E-state index contributed by atoms with van der Waals surface area (Å²) in [5, 5.41) is 8.64. The Hall–Kier alpha value is -4.04. The Morgan fingerprint density at radius 2 is 1.70 bits per heavy atom. The average molecular weight is 463 g/mol. The molecule has 6 nitrogen and oxygen atoms in total. The number of halogens is 3. The lowest BCUT2D eigenvalue weighted by atomic mass is 10.1. The highest BCUT2D eigenvalue weighted by molar-refractivity contribution is 6.32. The zero-order chi connectivity index (χ0) is 22.9. The maximum Gasteiger partial charge on any atom is 0.225 e. The van der Waals surface area contributed by atoms with E-state index in [9.17, 15) is 8.78 Å². The van der Waals surface area contributed by atoms with Crippen molar-refractivity contribution >= 4 is 34.4 Å². The van der Waals surface area contributed by atoms with Gasteiger partial charge < -0.3 is 11.1 Å². The Balaban J connectivity index is 1.65. The number of hydrogen-bond acceptors (Lipinski definition) is 5. The van der Waals surface area contributed by atoms with E-state index in [1.165, 1.54) is 28.9 Å². The maximum atomic E-state index is 13.6. The summed E-state index contributed by atoms with van der Waals surface area (Å²) in [6.07, 6.45) is 0. The minimum Gasteiger partial charge on any atom is -0.383 e. The highest BCUT2D eigenvalue weighted by Gasteiger charge is 2.20. The smallest absolute Gasteiger partial charge is 0.225 e. The molecule has 0 aliphatic rings. The second kappa shape index (κ2) is 8.48. The third kappa shape index (κ3) is 4.08. The summed E-state index contributed by atoms with van der Waals surface area (Å²) in [4.78, 5) is 9.13. The van der Waals surface area contributed by atoms with Crippen LogP contribution in [0.2, 0.25) is 5.02 Å². The van der Waals surface area contributed by atoms with E-state index < -0.39 is 0 Å². The van der Waals surface area contributed by atoms with Crippen LogP contribution in [0, 0.1) is 11.6 Å². The second-order valence-electron chi connectivity index (χ2n) is 7.33. The first-order valence-corrected chi connectivity index (χ1v) is 10.4. The first kappa shape index (κ1) is 20.8. The van der Waals surface area contributed by atoms with E-state index in [2.05, 4.69) is 20.4 Å². The molecule has 0 amide bonds. The third-order valence-electron chi connectivity index (χ3n) is 5.11. The fraction of sp³-hybridized carbons (Fsp3) is 0.0417. The standard InChI is InChI=1S/C24H17ClF2N6/c25-18-6-1-2-7-19(18)33-22(28)20-21(15-8-10-16(26)11-9-15)30-24(31-23(20)32-33)29-13-14-4-3-5-17(27)12-14/h1-12H,13,28H2,(H,29,31,32). The van der Waals surface area contributed by atoms with Crippen LogP contribution < -0.4 is 11.1 Å². The van der Waals surface area contributed by atoms with Crippen LogP contribution in [-0.4, -0.2) is 19.7 Å². The van der Waals surface area contributed by atoms with Gasteiger partial charge in [0, 0.05) is 12.1 Å². The normalized spacial score (nSPS) is 11.1. The van der Waals surface area contributed by atoms with Gasteiger partial charge in [0.05, 0.1) is 21.8 Å². The minimum atomic E-state index is -0.367. The van der Waals surface area contributed by atoms with E-state index in [0.717, 1.165) is 5.56 Å². The molecule has 0 fully saturated rings. The van der Waals surface area contributed by atoms with Gasteiger partial charge >= 0.3 is 0 Å². The molecule has 5 aromatic rings. The van der Waals surface area contributed by atoms with E-state index in [1.807, 2.05) is 12.1 Å². The highest BCUT2D eigenvalue weighted by atomic mass is 35.5. The van der Waals surface area contributed by atoms with Crippen molar-refractivity contribution in [3.8, 4) is 16.9 Å². The van der Waals surface area contributed by atoms with Crippen LogP contribution in [0.15, 0.2) is 72.8 Å². The molecule has 5 rings (SSSR count). The second-order valence-corrected chi connectivity index (χ2v) is 7.74. The topological polar surface area (TPSA) is 81.7 Å². The van der Waals surface area contributed by atoms with Crippen LogP contribution in [0.25, 0.3) is 28.0 Å². The van der Waals surface area contributed by atoms with Crippen LogP contribution in [-0.2, 0) is 6.54 Å². The van der Waals surface area contributed by atoms with E-state index in [-0.39, 0.29) is 17.6 Å². The molecule has 3 aromatic carbocycles. The van der Waals surface area contributed by atoms with Crippen LogP contribution in [0.3, 0.4) is 0 Å². The number of fused-ring (bicyclic) bond motifs is 1. The van der Waals surface area contributed by atoms with Gasteiger partial charge in [-0.15, -0.1) is 5.10 Å². The maximum absolute atomic E-state index is 13.6. The summed E-state index contributed by atoms with van der Waals surface area (Å²) in [7, 11) is 0. The van der Waals surface area contributed by atoms with E-state index in [4.69, 9.17) is 17.3 Å². The minimum absolute atomic E-state index is 0.273. The van der Waals surface area contributed by atoms with Gasteiger partial charge in [-0.05, 0) is 54.1 Å². The predicted molar refractivity (Wildman–Crippen MR) is 125 cm³/mol. The molecule has 0 bridgehead atoms. The van der Waals surface area contributed by atoms with Gasteiger partial charge in [0.25, 0.3) is 0 Å². The Bertz CT molecular complexity index is 1470. The molecule has 0 aliphatic carbocycles. The number of hydrogen-bond donors (Lipinski definition) is 2. The van der Waals surface area contributed by atoms with Crippen LogP contribution >= 0.6 is 11.6 Å². The lowest BCUT2D eigenvalue weighted by Crippen LogP contribution is -2.05. The lowest BCUT2D eigenvalue weighted by molar-refractivity contribution is 0.625. The number of aromatic nitrogens is 4. The predicted octanol–water partition coefficient (Wildman–Crippen LogP) is 5.61. The fourth-order valence-corrected chi connectivity index (χ4v) is 3.76. The van der Waals surface area contributed by atoms with E-state index in [1.54, 1.807) is 36.4 Å². The fourth-order valence-electron chi connectivity index (χ4n) is 3.54. The quantitative estimate of drug-likeness (QED) is 0.355. The molecule has 0 unspecified atom stereocenters. The van der Waals surface area contributed by atoms with Gasteiger partial charge in [-0.25, -0.2) is 18.4 Å². The van der Waals surface area contributed by atoms with E-state index in [0.29, 0.717) is 45.4 Å². The molecule has 164 valence electrons. The number of nitrogens with two attached hydrogens (primary N) is 1. The average Bonchev–Trinajstić information content (AvgIpc) is 3.14. The van der Waals surface area contributed by atoms with Crippen molar-refractivity contribution in [2.45, 2.75) is 6.54 Å². The molecule has 9 heteroatoms. The number of rotatable bonds is 5. The molecule has 0 aliphatic heterocycles. The lowest BCUT2D eigenvalue weighted by Gasteiger charge is -2.09. The third-order valence-corrected chi connectivity index (χ3v) is 5.43. The molecule has 0 saturated carbocycles. The van der Waals surface area contributed by atoms with Crippen molar-refractivity contribution in [1.82, 2.24) is 19.7 Å². The van der Waals surface area contributed by atoms with E-state index >= 15 is 0 Å². The van der Waals surface area contributed by atoms with Crippen LogP contribution in [0.4, 0.5) is 20.5 Å². The van der Waals surface area contributed by atoms with Gasteiger partial charge in [-0.2, -0.15) is 4.98 Å². The van der Waals surface area contributed by atoms with Crippen molar-refractivity contribution < 1.29 is 8.78 Å². The highest BCUT2D eigenvalue weighted by Crippen LogP contribution is 2.34. The van der Waals surface area contributed by atoms with Crippen molar-refractivity contribution in [2.24, 2.45) is 0 Å². The monoisotopic (exact) mass is 462 g/mol. The SMILES string of the molecule is Nc1c2c(-c3ccc(F)cc3)nc(NCc3cccc(F)c3)nc2nn1-c1ccccc1Cl. The number of nitrogen functional groups attached to an aromatic ring is 1. The van der Waals surface area contributed by atoms with Crippen molar-refractivity contribution in [2.75, 3.05) is 11.1 Å². The Morgan fingerprint density at radius 3 is 2.45 bits per heavy atom. The van der Waals surface area contributed by atoms with Crippen molar-refractivity contribution in [3.05, 3.63) is 95.0 Å². The van der Waals surface area contributed by atoms with Gasteiger partial charge in [0.15, 0.2) is 5.65 Å². The Labute approximate surface area is 192 Å². The molecule has 2 heterocycles. The molecule has 0 radical (unpaired) electrons. The van der Waals surface area contributed by atoms with Gasteiger partial charge in [-0.3, -0.25) is 0 Å². The van der Waals surface area contributed by atoms with Gasteiger partial charge in [0.1, 0.15) is 17.5 Å². The summed E-state index contributed by atoms with van der Waals surface area (Å²) in [6, 6.07) is 19.3. The first-order chi connectivity index (χ1) is 16.0. The largest absolute Gasteiger partial charge is 0.383 e. The summed E-state index contributed by atoms with van der Waals surface area (Å²) < 4.78 is 28.6. The molecule has 3 N–H and O–H groups in total.